The van der Waals surface area contributed by atoms with Gasteiger partial charge in [-0.3, -0.25) is 4.79 Å². The van der Waals surface area contributed by atoms with Crippen LogP contribution in [0.2, 0.25) is 0 Å². The third kappa shape index (κ3) is 4.46. The highest BCUT2D eigenvalue weighted by Crippen LogP contribution is 2.41. The number of hydrogen-bond acceptors (Lipinski definition) is 3. The zero-order chi connectivity index (χ0) is 18.8. The Hall–Kier alpha value is -2.18. The molecule has 1 aromatic carbocycles. The molecule has 1 N–H and O–H groups in total. The van der Waals surface area contributed by atoms with Crippen LogP contribution in [-0.4, -0.2) is 46.9 Å². The van der Waals surface area contributed by atoms with Gasteiger partial charge in [-0.25, -0.2) is 13.6 Å². The molecule has 1 amide bonds. The molecule has 0 aliphatic carbocycles. The molecule has 1 fully saturated rings. The molecule has 1 aliphatic rings. The third-order valence-corrected chi connectivity index (χ3v) is 4.35. The molecule has 1 saturated heterocycles. The number of carbonyl (C=O) groups excluding carboxylic acids is 1. The normalized spacial score (nSPS) is 24.0. The summed E-state index contributed by atoms with van der Waals surface area (Å²) in [6, 6.07) is 5.19. The van der Waals surface area contributed by atoms with Crippen LogP contribution in [0.3, 0.4) is 0 Å². The molecule has 0 spiro atoms. The summed E-state index contributed by atoms with van der Waals surface area (Å²) in [6.45, 7) is 5.05. The molecular formula is C18H23F2NO4. The van der Waals surface area contributed by atoms with Gasteiger partial charge in [0, 0.05) is 12.0 Å². The SMILES string of the molecule is CC(C)(C)OC(=O)N1CCC(CC(=O)O)(c2ccc(F)cc2)C(F)C1. The molecule has 7 heteroatoms. The number of hydrogen-bond donors (Lipinski definition) is 1. The fraction of sp³-hybridized carbons (Fsp3) is 0.556. The van der Waals surface area contributed by atoms with Gasteiger partial charge in [0.05, 0.1) is 13.0 Å². The first kappa shape index (κ1) is 19.1. The maximum atomic E-state index is 15.1. The molecule has 0 saturated carbocycles. The fourth-order valence-electron chi connectivity index (χ4n) is 3.12. The molecule has 0 radical (unpaired) electrons. The minimum Gasteiger partial charge on any atom is -0.481 e. The number of likely N-dealkylation sites (tertiary alicyclic amines) is 1. The number of alkyl halides is 1. The molecule has 1 heterocycles. The van der Waals surface area contributed by atoms with E-state index in [2.05, 4.69) is 0 Å². The lowest BCUT2D eigenvalue weighted by Crippen LogP contribution is -2.54. The van der Waals surface area contributed by atoms with Gasteiger partial charge in [-0.2, -0.15) is 0 Å². The second kappa shape index (κ2) is 6.98. The van der Waals surface area contributed by atoms with Crippen molar-refractivity contribution in [3.8, 4) is 0 Å². The Morgan fingerprint density at radius 3 is 2.40 bits per heavy atom. The zero-order valence-electron chi connectivity index (χ0n) is 14.6. The van der Waals surface area contributed by atoms with Crippen LogP contribution in [0.1, 0.15) is 39.2 Å². The highest BCUT2D eigenvalue weighted by molar-refractivity contribution is 5.71. The summed E-state index contributed by atoms with van der Waals surface area (Å²) >= 11 is 0. The Balaban J connectivity index is 2.24. The summed E-state index contributed by atoms with van der Waals surface area (Å²) in [5.74, 6) is -1.62. The van der Waals surface area contributed by atoms with Crippen LogP contribution in [0.5, 0.6) is 0 Å². The van der Waals surface area contributed by atoms with Crippen molar-refractivity contribution in [2.75, 3.05) is 13.1 Å². The number of carboxylic acids is 1. The van der Waals surface area contributed by atoms with E-state index < -0.39 is 41.5 Å². The number of benzene rings is 1. The number of carboxylic acid groups (broad SMARTS) is 1. The number of halogens is 2. The predicted octanol–water partition coefficient (Wildman–Crippen LogP) is 3.52. The number of aliphatic carboxylic acids is 1. The van der Waals surface area contributed by atoms with Crippen LogP contribution in [0, 0.1) is 5.82 Å². The van der Waals surface area contributed by atoms with Crippen LogP contribution in [0.15, 0.2) is 24.3 Å². The van der Waals surface area contributed by atoms with Crippen molar-refractivity contribution in [1.82, 2.24) is 4.90 Å². The summed E-state index contributed by atoms with van der Waals surface area (Å²) in [6.07, 6.45) is -2.54. The van der Waals surface area contributed by atoms with Gasteiger partial charge in [0.25, 0.3) is 0 Å². The number of rotatable bonds is 3. The van der Waals surface area contributed by atoms with Crippen LogP contribution in [0.25, 0.3) is 0 Å². The van der Waals surface area contributed by atoms with Crippen LogP contribution in [0.4, 0.5) is 13.6 Å². The Labute approximate surface area is 145 Å². The molecule has 2 unspecified atom stereocenters. The fourth-order valence-corrected chi connectivity index (χ4v) is 3.12. The number of piperidine rings is 1. The number of ether oxygens (including phenoxy) is 1. The van der Waals surface area contributed by atoms with E-state index >= 15 is 4.39 Å². The van der Waals surface area contributed by atoms with Gasteiger partial charge < -0.3 is 14.7 Å². The first-order valence-electron chi connectivity index (χ1n) is 8.13. The number of nitrogens with zero attached hydrogens (tertiary/aromatic N) is 1. The maximum Gasteiger partial charge on any atom is 0.410 e. The van der Waals surface area contributed by atoms with Gasteiger partial charge >= 0.3 is 12.1 Å². The van der Waals surface area contributed by atoms with E-state index in [1.165, 1.54) is 29.2 Å². The van der Waals surface area contributed by atoms with Gasteiger partial charge in [0.15, 0.2) is 0 Å². The minimum atomic E-state index is -1.60. The Morgan fingerprint density at radius 1 is 1.32 bits per heavy atom. The van der Waals surface area contributed by atoms with Gasteiger partial charge in [0.1, 0.15) is 17.6 Å². The lowest BCUT2D eigenvalue weighted by Gasteiger charge is -2.44. The average molecular weight is 355 g/mol. The van der Waals surface area contributed by atoms with Crippen molar-refractivity contribution in [2.24, 2.45) is 0 Å². The first-order valence-corrected chi connectivity index (χ1v) is 8.13. The monoisotopic (exact) mass is 355 g/mol. The van der Waals surface area contributed by atoms with Crippen molar-refractivity contribution >= 4 is 12.1 Å². The maximum absolute atomic E-state index is 15.1. The average Bonchev–Trinajstić information content (AvgIpc) is 2.47. The number of amides is 1. The molecule has 2 atom stereocenters. The summed E-state index contributed by atoms with van der Waals surface area (Å²) in [5.41, 5.74) is -1.57. The summed E-state index contributed by atoms with van der Waals surface area (Å²) < 4.78 is 33.5. The predicted molar refractivity (Wildman–Crippen MR) is 87.7 cm³/mol. The molecule has 1 aliphatic heterocycles. The molecule has 138 valence electrons. The molecule has 0 bridgehead atoms. The Bertz CT molecular complexity index is 641. The Morgan fingerprint density at radius 2 is 1.92 bits per heavy atom. The van der Waals surface area contributed by atoms with Crippen LogP contribution in [-0.2, 0) is 14.9 Å². The quantitative estimate of drug-likeness (QED) is 0.901. The van der Waals surface area contributed by atoms with Crippen molar-refractivity contribution in [3.63, 3.8) is 0 Å². The molecular weight excluding hydrogens is 332 g/mol. The van der Waals surface area contributed by atoms with E-state index in [1.807, 2.05) is 0 Å². The largest absolute Gasteiger partial charge is 0.481 e. The van der Waals surface area contributed by atoms with E-state index in [9.17, 15) is 19.1 Å². The topological polar surface area (TPSA) is 66.8 Å². The van der Waals surface area contributed by atoms with Crippen LogP contribution < -0.4 is 0 Å². The van der Waals surface area contributed by atoms with Gasteiger partial charge in [-0.05, 0) is 44.9 Å². The van der Waals surface area contributed by atoms with E-state index in [0.29, 0.717) is 5.56 Å². The molecule has 2 rings (SSSR count). The molecule has 25 heavy (non-hydrogen) atoms. The summed E-state index contributed by atoms with van der Waals surface area (Å²) in [4.78, 5) is 24.7. The lowest BCUT2D eigenvalue weighted by molar-refractivity contribution is -0.140. The van der Waals surface area contributed by atoms with E-state index in [0.717, 1.165) is 0 Å². The lowest BCUT2D eigenvalue weighted by atomic mass is 9.69. The first-order chi connectivity index (χ1) is 11.5. The summed E-state index contributed by atoms with van der Waals surface area (Å²) in [5, 5.41) is 9.25. The van der Waals surface area contributed by atoms with Gasteiger partial charge in [-0.1, -0.05) is 12.1 Å². The zero-order valence-corrected chi connectivity index (χ0v) is 14.6. The molecule has 5 nitrogen and oxygen atoms in total. The van der Waals surface area contributed by atoms with Crippen molar-refractivity contribution in [3.05, 3.63) is 35.6 Å². The highest BCUT2D eigenvalue weighted by Gasteiger charge is 2.48. The van der Waals surface area contributed by atoms with E-state index in [4.69, 9.17) is 4.74 Å². The van der Waals surface area contributed by atoms with Crippen molar-refractivity contribution in [2.45, 2.75) is 50.8 Å². The highest BCUT2D eigenvalue weighted by atomic mass is 19.1. The van der Waals surface area contributed by atoms with Crippen molar-refractivity contribution in [1.29, 1.82) is 0 Å². The standard InChI is InChI=1S/C18H23F2NO4/c1-17(2,3)25-16(24)21-9-8-18(10-15(22)23,14(20)11-21)12-4-6-13(19)7-5-12/h4-7,14H,8-11H2,1-3H3,(H,22,23). The van der Waals surface area contributed by atoms with Crippen molar-refractivity contribution < 1.29 is 28.2 Å². The van der Waals surface area contributed by atoms with Gasteiger partial charge in [0.2, 0.25) is 0 Å². The second-order valence-corrected chi connectivity index (χ2v) is 7.38. The smallest absolute Gasteiger partial charge is 0.410 e. The minimum absolute atomic E-state index is 0.116. The third-order valence-electron chi connectivity index (χ3n) is 4.35. The van der Waals surface area contributed by atoms with Gasteiger partial charge in [-0.15, -0.1) is 0 Å². The van der Waals surface area contributed by atoms with E-state index in [1.54, 1.807) is 20.8 Å². The summed E-state index contributed by atoms with van der Waals surface area (Å²) in [7, 11) is 0. The van der Waals surface area contributed by atoms with E-state index in [-0.39, 0.29) is 19.5 Å². The second-order valence-electron chi connectivity index (χ2n) is 7.38. The Kier molecular flexibility index (Phi) is 5.34. The molecule has 0 aromatic heterocycles. The number of carbonyl (C=O) groups is 2. The van der Waals surface area contributed by atoms with Crippen LogP contribution >= 0.6 is 0 Å². The molecule has 1 aromatic rings.